The summed E-state index contributed by atoms with van der Waals surface area (Å²) < 4.78 is 0. The van der Waals surface area contributed by atoms with Gasteiger partial charge >= 0.3 is 0 Å². The third kappa shape index (κ3) is 2.90. The van der Waals surface area contributed by atoms with Gasteiger partial charge in [-0.1, -0.05) is 59.1 Å². The highest BCUT2D eigenvalue weighted by molar-refractivity contribution is 5.14. The summed E-state index contributed by atoms with van der Waals surface area (Å²) in [7, 11) is 0. The molecular weight excluding hydrogens is 192 g/mol. The summed E-state index contributed by atoms with van der Waals surface area (Å²) in [5.74, 6) is 1.73. The Labute approximate surface area is 103 Å². The van der Waals surface area contributed by atoms with Crippen molar-refractivity contribution in [3.05, 3.63) is 11.6 Å². The van der Waals surface area contributed by atoms with Crippen molar-refractivity contribution in [2.75, 3.05) is 0 Å². The molecule has 0 amide bonds. The van der Waals surface area contributed by atoms with E-state index in [1.807, 2.05) is 0 Å². The van der Waals surface area contributed by atoms with Gasteiger partial charge in [-0.15, -0.1) is 0 Å². The molecule has 0 saturated carbocycles. The van der Waals surface area contributed by atoms with Crippen LogP contribution in [0.3, 0.4) is 0 Å². The fourth-order valence-electron chi connectivity index (χ4n) is 3.20. The Morgan fingerprint density at radius 2 is 2.06 bits per heavy atom. The first-order valence-corrected chi connectivity index (χ1v) is 7.26. The molecule has 0 saturated heterocycles. The fourth-order valence-corrected chi connectivity index (χ4v) is 3.20. The lowest BCUT2D eigenvalue weighted by molar-refractivity contribution is 0.142. The molecular formula is C16H30. The van der Waals surface area contributed by atoms with E-state index in [1.165, 1.54) is 38.5 Å². The lowest BCUT2D eigenvalue weighted by Crippen LogP contribution is -2.31. The standard InChI is InChI=1S/C16H30/c1-6-9-15-10-11-16(5,13(4)7-2)12-14(15)8-3/h10,13-14H,6-9,11-12H2,1-5H3/t13?,14-,16?/m1/s1. The number of allylic oxidation sites excluding steroid dienone is 2. The summed E-state index contributed by atoms with van der Waals surface area (Å²) in [5.41, 5.74) is 2.32. The Morgan fingerprint density at radius 1 is 1.38 bits per heavy atom. The van der Waals surface area contributed by atoms with Gasteiger partial charge in [-0.2, -0.15) is 0 Å². The Balaban J connectivity index is 2.78. The van der Waals surface area contributed by atoms with Gasteiger partial charge in [0.2, 0.25) is 0 Å². The van der Waals surface area contributed by atoms with Crippen molar-refractivity contribution in [1.29, 1.82) is 0 Å². The third-order valence-corrected chi connectivity index (χ3v) is 4.90. The highest BCUT2D eigenvalue weighted by atomic mass is 14.4. The average Bonchev–Trinajstić information content (AvgIpc) is 2.30. The molecule has 0 aliphatic heterocycles. The van der Waals surface area contributed by atoms with E-state index < -0.39 is 0 Å². The van der Waals surface area contributed by atoms with Crippen molar-refractivity contribution in [2.45, 2.75) is 73.1 Å². The van der Waals surface area contributed by atoms with Crippen LogP contribution in [0.1, 0.15) is 73.1 Å². The van der Waals surface area contributed by atoms with Crippen molar-refractivity contribution in [3.63, 3.8) is 0 Å². The minimum absolute atomic E-state index is 0.562. The normalized spacial score (nSPS) is 32.3. The predicted octanol–water partition coefficient (Wildman–Crippen LogP) is 5.59. The molecule has 1 rings (SSSR count). The Hall–Kier alpha value is -0.260. The smallest absolute Gasteiger partial charge is 0.0200 e. The summed E-state index contributed by atoms with van der Waals surface area (Å²) in [6.45, 7) is 11.9. The fraction of sp³-hybridized carbons (Fsp3) is 0.875. The summed E-state index contributed by atoms with van der Waals surface area (Å²) in [4.78, 5) is 0. The first kappa shape index (κ1) is 13.8. The minimum Gasteiger partial charge on any atom is -0.0845 e. The van der Waals surface area contributed by atoms with Crippen molar-refractivity contribution in [3.8, 4) is 0 Å². The largest absolute Gasteiger partial charge is 0.0845 e. The second-order valence-corrected chi connectivity index (χ2v) is 6.01. The van der Waals surface area contributed by atoms with Crippen LogP contribution < -0.4 is 0 Å². The van der Waals surface area contributed by atoms with Gasteiger partial charge in [0, 0.05) is 0 Å². The van der Waals surface area contributed by atoms with Crippen LogP contribution in [0.5, 0.6) is 0 Å². The number of hydrogen-bond acceptors (Lipinski definition) is 0. The van der Waals surface area contributed by atoms with Crippen molar-refractivity contribution >= 4 is 0 Å². The molecule has 0 fully saturated rings. The predicted molar refractivity (Wildman–Crippen MR) is 73.6 cm³/mol. The Morgan fingerprint density at radius 3 is 2.56 bits per heavy atom. The van der Waals surface area contributed by atoms with Crippen LogP contribution in [-0.2, 0) is 0 Å². The van der Waals surface area contributed by atoms with E-state index in [-0.39, 0.29) is 0 Å². The molecule has 0 heteroatoms. The van der Waals surface area contributed by atoms with Crippen molar-refractivity contribution < 1.29 is 0 Å². The number of hydrogen-bond donors (Lipinski definition) is 0. The van der Waals surface area contributed by atoms with Crippen LogP contribution in [0.15, 0.2) is 11.6 Å². The van der Waals surface area contributed by atoms with E-state index in [0.29, 0.717) is 5.41 Å². The van der Waals surface area contributed by atoms with Crippen LogP contribution in [0, 0.1) is 17.3 Å². The van der Waals surface area contributed by atoms with Gasteiger partial charge in [0.1, 0.15) is 0 Å². The maximum Gasteiger partial charge on any atom is -0.0200 e. The van der Waals surface area contributed by atoms with E-state index in [2.05, 4.69) is 40.7 Å². The van der Waals surface area contributed by atoms with Crippen LogP contribution in [-0.4, -0.2) is 0 Å². The molecule has 1 aliphatic rings. The zero-order valence-electron chi connectivity index (χ0n) is 12.0. The first-order chi connectivity index (χ1) is 7.57. The molecule has 3 atom stereocenters. The lowest BCUT2D eigenvalue weighted by atomic mass is 9.63. The zero-order valence-corrected chi connectivity index (χ0v) is 12.0. The number of rotatable bonds is 5. The molecule has 2 unspecified atom stereocenters. The quantitative estimate of drug-likeness (QED) is 0.532. The second kappa shape index (κ2) is 5.89. The van der Waals surface area contributed by atoms with Crippen LogP contribution in [0.2, 0.25) is 0 Å². The van der Waals surface area contributed by atoms with Gasteiger partial charge in [-0.05, 0) is 42.9 Å². The van der Waals surface area contributed by atoms with E-state index >= 15 is 0 Å². The third-order valence-electron chi connectivity index (χ3n) is 4.90. The van der Waals surface area contributed by atoms with Gasteiger partial charge in [-0.25, -0.2) is 0 Å². The lowest BCUT2D eigenvalue weighted by Gasteiger charge is -2.42. The Kier molecular flexibility index (Phi) is 5.08. The molecule has 1 aliphatic carbocycles. The Bertz CT molecular complexity index is 238. The van der Waals surface area contributed by atoms with Gasteiger partial charge in [0.05, 0.1) is 0 Å². The van der Waals surface area contributed by atoms with Gasteiger partial charge < -0.3 is 0 Å². The summed E-state index contributed by atoms with van der Waals surface area (Å²) in [6.07, 6.45) is 10.6. The highest BCUT2D eigenvalue weighted by Crippen LogP contribution is 2.46. The van der Waals surface area contributed by atoms with Crippen molar-refractivity contribution in [2.24, 2.45) is 17.3 Å². The highest BCUT2D eigenvalue weighted by Gasteiger charge is 2.35. The molecule has 0 N–H and O–H groups in total. The van der Waals surface area contributed by atoms with Crippen molar-refractivity contribution in [1.82, 2.24) is 0 Å². The first-order valence-electron chi connectivity index (χ1n) is 7.26. The monoisotopic (exact) mass is 222 g/mol. The molecule has 94 valence electrons. The summed E-state index contributed by atoms with van der Waals surface area (Å²) >= 11 is 0. The molecule has 0 heterocycles. The zero-order chi connectivity index (χ0) is 12.2. The van der Waals surface area contributed by atoms with Crippen LogP contribution in [0.25, 0.3) is 0 Å². The van der Waals surface area contributed by atoms with E-state index in [1.54, 1.807) is 5.57 Å². The average molecular weight is 222 g/mol. The van der Waals surface area contributed by atoms with E-state index in [9.17, 15) is 0 Å². The van der Waals surface area contributed by atoms with Gasteiger partial charge in [-0.3, -0.25) is 0 Å². The van der Waals surface area contributed by atoms with Gasteiger partial charge in [0.15, 0.2) is 0 Å². The maximum absolute atomic E-state index is 2.58. The molecule has 0 aromatic carbocycles. The summed E-state index contributed by atoms with van der Waals surface area (Å²) in [5, 5.41) is 0. The summed E-state index contributed by atoms with van der Waals surface area (Å²) in [6, 6.07) is 0. The molecule has 0 radical (unpaired) electrons. The van der Waals surface area contributed by atoms with E-state index in [4.69, 9.17) is 0 Å². The second-order valence-electron chi connectivity index (χ2n) is 6.01. The van der Waals surface area contributed by atoms with Gasteiger partial charge in [0.25, 0.3) is 0 Å². The van der Waals surface area contributed by atoms with E-state index in [0.717, 1.165) is 11.8 Å². The maximum atomic E-state index is 2.58. The molecule has 0 spiro atoms. The topological polar surface area (TPSA) is 0 Å². The minimum atomic E-state index is 0.562. The molecule has 0 aromatic heterocycles. The molecule has 16 heavy (non-hydrogen) atoms. The molecule has 0 bridgehead atoms. The van der Waals surface area contributed by atoms with Crippen LogP contribution in [0.4, 0.5) is 0 Å². The van der Waals surface area contributed by atoms with Crippen LogP contribution >= 0.6 is 0 Å². The molecule has 0 aromatic rings. The SMILES string of the molecule is CCCC1=CCC(C)(C(C)CC)C[C@H]1CC. The molecule has 0 nitrogen and oxygen atoms in total.